The normalized spacial score (nSPS) is 21.5. The fourth-order valence-corrected chi connectivity index (χ4v) is 2.57. The van der Waals surface area contributed by atoms with Gasteiger partial charge in [0.2, 0.25) is 0 Å². The Morgan fingerprint density at radius 3 is 3.21 bits per heavy atom. The van der Waals surface area contributed by atoms with Gasteiger partial charge in [0.15, 0.2) is 0 Å². The Labute approximate surface area is 87.5 Å². The highest BCUT2D eigenvalue weighted by Crippen LogP contribution is 2.21. The van der Waals surface area contributed by atoms with Gasteiger partial charge in [0.25, 0.3) is 5.91 Å². The molecule has 0 spiro atoms. The predicted octanol–water partition coefficient (Wildman–Crippen LogP) is 1.31. The highest BCUT2D eigenvalue weighted by atomic mass is 32.1. The Morgan fingerprint density at radius 1 is 1.71 bits per heavy atom. The molecular weight excluding hydrogens is 196 g/mol. The first kappa shape index (κ1) is 9.68. The summed E-state index contributed by atoms with van der Waals surface area (Å²) < 4.78 is 0. The van der Waals surface area contributed by atoms with Crippen LogP contribution in [0.2, 0.25) is 0 Å². The summed E-state index contributed by atoms with van der Waals surface area (Å²) in [5.41, 5.74) is 5.62. The molecule has 1 aromatic heterocycles. The van der Waals surface area contributed by atoms with Gasteiger partial charge in [-0.2, -0.15) is 0 Å². The van der Waals surface area contributed by atoms with Gasteiger partial charge in [0.1, 0.15) is 0 Å². The van der Waals surface area contributed by atoms with Crippen LogP contribution in [0.25, 0.3) is 0 Å². The van der Waals surface area contributed by atoms with E-state index in [2.05, 4.69) is 0 Å². The highest BCUT2D eigenvalue weighted by molar-refractivity contribution is 7.12. The number of hydrogen-bond acceptors (Lipinski definition) is 3. The molecule has 0 aliphatic carbocycles. The van der Waals surface area contributed by atoms with Crippen LogP contribution in [0.3, 0.4) is 0 Å². The van der Waals surface area contributed by atoms with E-state index >= 15 is 0 Å². The van der Waals surface area contributed by atoms with E-state index in [4.69, 9.17) is 5.73 Å². The number of carbonyl (C=O) groups is 1. The van der Waals surface area contributed by atoms with E-state index in [1.165, 1.54) is 11.3 Å². The quantitative estimate of drug-likeness (QED) is 0.800. The van der Waals surface area contributed by atoms with E-state index in [0.29, 0.717) is 6.54 Å². The Hall–Kier alpha value is -0.870. The van der Waals surface area contributed by atoms with Gasteiger partial charge in [-0.3, -0.25) is 4.79 Å². The number of likely N-dealkylation sites (tertiary alicyclic amines) is 1. The molecule has 0 saturated carbocycles. The average molecular weight is 210 g/mol. The zero-order valence-electron chi connectivity index (χ0n) is 7.98. The molecule has 4 heteroatoms. The third-order valence-corrected chi connectivity index (χ3v) is 3.50. The van der Waals surface area contributed by atoms with E-state index in [1.54, 1.807) is 0 Å². The summed E-state index contributed by atoms with van der Waals surface area (Å²) >= 11 is 1.50. The standard InChI is InChI=1S/C10H14N2OS/c11-7-8-3-1-5-12(8)10(13)9-4-2-6-14-9/h2,4,6,8H,1,3,5,7,11H2/t8-/m0/s1. The molecule has 0 bridgehead atoms. The number of nitrogens with zero attached hydrogens (tertiary/aromatic N) is 1. The van der Waals surface area contributed by atoms with Crippen LogP contribution in [0, 0.1) is 0 Å². The molecule has 1 saturated heterocycles. The van der Waals surface area contributed by atoms with Crippen molar-refractivity contribution in [1.29, 1.82) is 0 Å². The predicted molar refractivity (Wildman–Crippen MR) is 57.4 cm³/mol. The molecule has 1 aliphatic rings. The van der Waals surface area contributed by atoms with Gasteiger partial charge in [0.05, 0.1) is 4.88 Å². The summed E-state index contributed by atoms with van der Waals surface area (Å²) in [6.07, 6.45) is 2.13. The maximum atomic E-state index is 12.0. The van der Waals surface area contributed by atoms with Crippen LogP contribution in [-0.2, 0) is 0 Å². The van der Waals surface area contributed by atoms with Gasteiger partial charge >= 0.3 is 0 Å². The molecule has 1 atom stereocenters. The number of rotatable bonds is 2. The van der Waals surface area contributed by atoms with Gasteiger partial charge in [-0.05, 0) is 24.3 Å². The maximum Gasteiger partial charge on any atom is 0.264 e. The Kier molecular flexibility index (Phi) is 2.84. The second-order valence-corrected chi connectivity index (χ2v) is 4.46. The minimum Gasteiger partial charge on any atom is -0.334 e. The molecule has 2 N–H and O–H groups in total. The summed E-state index contributed by atoms with van der Waals surface area (Å²) in [5.74, 6) is 0.146. The maximum absolute atomic E-state index is 12.0. The Bertz CT molecular complexity index is 310. The van der Waals surface area contributed by atoms with Crippen LogP contribution >= 0.6 is 11.3 Å². The van der Waals surface area contributed by atoms with Crippen LogP contribution in [0.5, 0.6) is 0 Å². The molecule has 0 aromatic carbocycles. The molecule has 0 unspecified atom stereocenters. The average Bonchev–Trinajstić information content (AvgIpc) is 2.87. The molecular formula is C10H14N2OS. The van der Waals surface area contributed by atoms with Crippen molar-refractivity contribution in [1.82, 2.24) is 4.90 Å². The minimum atomic E-state index is 0.146. The number of amides is 1. The van der Waals surface area contributed by atoms with Crippen molar-refractivity contribution in [2.45, 2.75) is 18.9 Å². The van der Waals surface area contributed by atoms with Crippen LogP contribution in [0.15, 0.2) is 17.5 Å². The number of hydrogen-bond donors (Lipinski definition) is 1. The molecule has 1 aliphatic heterocycles. The van der Waals surface area contributed by atoms with Crippen LogP contribution in [-0.4, -0.2) is 29.9 Å². The van der Waals surface area contributed by atoms with Crippen molar-refractivity contribution in [2.24, 2.45) is 5.73 Å². The number of carbonyl (C=O) groups excluding carboxylic acids is 1. The molecule has 1 fully saturated rings. The second-order valence-electron chi connectivity index (χ2n) is 3.51. The Morgan fingerprint density at radius 2 is 2.57 bits per heavy atom. The van der Waals surface area contributed by atoms with E-state index in [0.717, 1.165) is 24.3 Å². The van der Waals surface area contributed by atoms with Gasteiger partial charge < -0.3 is 10.6 Å². The van der Waals surface area contributed by atoms with Crippen molar-refractivity contribution in [3.05, 3.63) is 22.4 Å². The highest BCUT2D eigenvalue weighted by Gasteiger charge is 2.28. The third-order valence-electron chi connectivity index (χ3n) is 2.64. The summed E-state index contributed by atoms with van der Waals surface area (Å²) in [6.45, 7) is 1.44. The van der Waals surface area contributed by atoms with E-state index in [-0.39, 0.29) is 11.9 Å². The SMILES string of the molecule is NC[C@@H]1CCCN1C(=O)c1cccs1. The molecule has 2 rings (SSSR count). The lowest BCUT2D eigenvalue weighted by molar-refractivity contribution is 0.0746. The van der Waals surface area contributed by atoms with Crippen LogP contribution < -0.4 is 5.73 Å². The first-order chi connectivity index (χ1) is 6.83. The second kappa shape index (κ2) is 4.11. The molecule has 1 amide bonds. The molecule has 2 heterocycles. The topological polar surface area (TPSA) is 46.3 Å². The molecule has 1 aromatic rings. The van der Waals surface area contributed by atoms with Gasteiger partial charge in [-0.1, -0.05) is 6.07 Å². The fraction of sp³-hybridized carbons (Fsp3) is 0.500. The van der Waals surface area contributed by atoms with Crippen LogP contribution in [0.1, 0.15) is 22.5 Å². The molecule has 0 radical (unpaired) electrons. The smallest absolute Gasteiger partial charge is 0.264 e. The zero-order chi connectivity index (χ0) is 9.97. The third kappa shape index (κ3) is 1.67. The zero-order valence-corrected chi connectivity index (χ0v) is 8.80. The number of nitrogens with two attached hydrogens (primary N) is 1. The van der Waals surface area contributed by atoms with Gasteiger partial charge in [0, 0.05) is 19.1 Å². The van der Waals surface area contributed by atoms with E-state index in [9.17, 15) is 4.79 Å². The van der Waals surface area contributed by atoms with Crippen molar-refractivity contribution in [3.63, 3.8) is 0 Å². The summed E-state index contributed by atoms with van der Waals surface area (Å²) in [7, 11) is 0. The largest absolute Gasteiger partial charge is 0.334 e. The van der Waals surface area contributed by atoms with Gasteiger partial charge in [-0.15, -0.1) is 11.3 Å². The minimum absolute atomic E-state index is 0.146. The monoisotopic (exact) mass is 210 g/mol. The van der Waals surface area contributed by atoms with Crippen molar-refractivity contribution < 1.29 is 4.79 Å². The summed E-state index contributed by atoms with van der Waals surface area (Å²) in [4.78, 5) is 14.7. The Balaban J connectivity index is 2.11. The first-order valence-electron chi connectivity index (χ1n) is 4.87. The van der Waals surface area contributed by atoms with Gasteiger partial charge in [-0.25, -0.2) is 0 Å². The lowest BCUT2D eigenvalue weighted by Gasteiger charge is -2.22. The van der Waals surface area contributed by atoms with Crippen molar-refractivity contribution in [2.75, 3.05) is 13.1 Å². The summed E-state index contributed by atoms with van der Waals surface area (Å²) in [6, 6.07) is 4.04. The van der Waals surface area contributed by atoms with Crippen LogP contribution in [0.4, 0.5) is 0 Å². The molecule has 76 valence electrons. The van der Waals surface area contributed by atoms with Crippen molar-refractivity contribution >= 4 is 17.2 Å². The molecule has 3 nitrogen and oxygen atoms in total. The lowest BCUT2D eigenvalue weighted by atomic mass is 10.2. The lowest BCUT2D eigenvalue weighted by Crippen LogP contribution is -2.39. The van der Waals surface area contributed by atoms with E-state index in [1.807, 2.05) is 22.4 Å². The first-order valence-corrected chi connectivity index (χ1v) is 5.75. The number of thiophene rings is 1. The van der Waals surface area contributed by atoms with Crippen molar-refractivity contribution in [3.8, 4) is 0 Å². The summed E-state index contributed by atoms with van der Waals surface area (Å²) in [5, 5.41) is 1.93. The fourth-order valence-electron chi connectivity index (χ4n) is 1.89. The van der Waals surface area contributed by atoms with E-state index < -0.39 is 0 Å². The molecule has 14 heavy (non-hydrogen) atoms.